The van der Waals surface area contributed by atoms with Crippen LogP contribution in [0.15, 0.2) is 34.3 Å². The van der Waals surface area contributed by atoms with Crippen LogP contribution in [0.4, 0.5) is 0 Å². The molecule has 0 aliphatic carbocycles. The number of fused-ring (bicyclic) bond motifs is 2. The van der Waals surface area contributed by atoms with E-state index in [4.69, 9.17) is 9.47 Å². The summed E-state index contributed by atoms with van der Waals surface area (Å²) in [6.07, 6.45) is 1.40. The maximum atomic E-state index is 13.1. The summed E-state index contributed by atoms with van der Waals surface area (Å²) in [4.78, 5) is 31.7. The molecule has 2 aromatic rings. The molecule has 0 bridgehead atoms. The number of aromatic nitrogens is 2. The Bertz CT molecular complexity index is 925. The van der Waals surface area contributed by atoms with Crippen LogP contribution < -0.4 is 15.0 Å². The van der Waals surface area contributed by atoms with Gasteiger partial charge in [-0.25, -0.2) is 4.98 Å². The van der Waals surface area contributed by atoms with E-state index < -0.39 is 0 Å². The van der Waals surface area contributed by atoms with Gasteiger partial charge in [0.05, 0.1) is 6.54 Å². The van der Waals surface area contributed by atoms with Crippen molar-refractivity contribution < 1.29 is 14.3 Å². The zero-order valence-corrected chi connectivity index (χ0v) is 15.4. The van der Waals surface area contributed by atoms with Gasteiger partial charge in [-0.15, -0.1) is 0 Å². The fraction of sp³-hybridized carbons (Fsp3) is 0.389. The summed E-state index contributed by atoms with van der Waals surface area (Å²) in [5, 5.41) is 0.675. The lowest BCUT2D eigenvalue weighted by molar-refractivity contribution is 0.0685. The van der Waals surface area contributed by atoms with Gasteiger partial charge in [-0.3, -0.25) is 14.2 Å². The molecule has 8 heteroatoms. The van der Waals surface area contributed by atoms with Crippen LogP contribution in [0.2, 0.25) is 0 Å². The molecule has 1 aromatic carbocycles. The van der Waals surface area contributed by atoms with E-state index in [-0.39, 0.29) is 29.9 Å². The minimum atomic E-state index is -0.318. The van der Waals surface area contributed by atoms with Crippen molar-refractivity contribution in [3.05, 3.63) is 45.9 Å². The Morgan fingerprint density at radius 2 is 2.23 bits per heavy atom. The van der Waals surface area contributed by atoms with Crippen molar-refractivity contribution in [2.75, 3.05) is 12.5 Å². The maximum Gasteiger partial charge on any atom is 0.267 e. The molecule has 3 heterocycles. The monoisotopic (exact) mass is 373 g/mol. The summed E-state index contributed by atoms with van der Waals surface area (Å²) in [6, 6.07) is 5.52. The molecule has 0 saturated heterocycles. The van der Waals surface area contributed by atoms with E-state index in [1.165, 1.54) is 18.0 Å². The summed E-state index contributed by atoms with van der Waals surface area (Å²) < 4.78 is 12.5. The van der Waals surface area contributed by atoms with Crippen LogP contribution in [-0.2, 0) is 13.1 Å². The standard InChI is InChI=1S/C18H19N3O4S/c1-11(2)21(9-12-4-3-5-14-15(12)25-10-24-14)17(23)13-8-19-18-20(16(13)22)6-7-26-18/h3-5,8,11H,6-7,9-10H2,1-2H3. The molecule has 1 amide bonds. The summed E-state index contributed by atoms with van der Waals surface area (Å²) >= 11 is 1.53. The molecular weight excluding hydrogens is 354 g/mol. The lowest BCUT2D eigenvalue weighted by atomic mass is 10.1. The lowest BCUT2D eigenvalue weighted by Crippen LogP contribution is -2.40. The van der Waals surface area contributed by atoms with Crippen molar-refractivity contribution >= 4 is 17.7 Å². The summed E-state index contributed by atoms with van der Waals surface area (Å²) in [5.74, 6) is 1.82. The van der Waals surface area contributed by atoms with Gasteiger partial charge in [0.15, 0.2) is 16.7 Å². The molecule has 1 aromatic heterocycles. The number of ether oxygens (including phenoxy) is 2. The summed E-state index contributed by atoms with van der Waals surface area (Å²) in [7, 11) is 0. The van der Waals surface area contributed by atoms with Crippen LogP contribution in [0.1, 0.15) is 29.8 Å². The van der Waals surface area contributed by atoms with Crippen LogP contribution in [0.3, 0.4) is 0 Å². The number of benzene rings is 1. The molecular formula is C18H19N3O4S. The van der Waals surface area contributed by atoms with Crippen LogP contribution in [-0.4, -0.2) is 38.9 Å². The molecule has 2 aliphatic heterocycles. The minimum absolute atomic E-state index is 0.0901. The number of nitrogens with zero attached hydrogens (tertiary/aromatic N) is 3. The highest BCUT2D eigenvalue weighted by molar-refractivity contribution is 7.99. The van der Waals surface area contributed by atoms with Gasteiger partial charge in [-0.05, 0) is 19.9 Å². The first-order valence-corrected chi connectivity index (χ1v) is 9.46. The Morgan fingerprint density at radius 3 is 3.04 bits per heavy atom. The van der Waals surface area contributed by atoms with Crippen molar-refractivity contribution in [2.24, 2.45) is 0 Å². The fourth-order valence-corrected chi connectivity index (χ4v) is 4.02. The highest BCUT2D eigenvalue weighted by Crippen LogP contribution is 2.36. The Balaban J connectivity index is 1.67. The first kappa shape index (κ1) is 17.0. The van der Waals surface area contributed by atoms with E-state index in [2.05, 4.69) is 4.98 Å². The van der Waals surface area contributed by atoms with Crippen LogP contribution >= 0.6 is 11.8 Å². The molecule has 0 fully saturated rings. The van der Waals surface area contributed by atoms with E-state index in [0.717, 1.165) is 11.3 Å². The molecule has 0 unspecified atom stereocenters. The first-order valence-electron chi connectivity index (χ1n) is 8.47. The predicted molar refractivity (Wildman–Crippen MR) is 96.8 cm³/mol. The normalized spacial score (nSPS) is 14.6. The fourth-order valence-electron chi connectivity index (χ4n) is 3.11. The third-order valence-electron chi connectivity index (χ3n) is 4.49. The number of rotatable bonds is 4. The Labute approximate surface area is 154 Å². The molecule has 0 spiro atoms. The third-order valence-corrected chi connectivity index (χ3v) is 5.46. The number of amides is 1. The van der Waals surface area contributed by atoms with Gasteiger partial charge in [0.25, 0.3) is 11.5 Å². The van der Waals surface area contributed by atoms with Crippen molar-refractivity contribution in [2.45, 2.75) is 38.1 Å². The Morgan fingerprint density at radius 1 is 1.38 bits per heavy atom. The van der Waals surface area contributed by atoms with Gasteiger partial charge < -0.3 is 14.4 Å². The lowest BCUT2D eigenvalue weighted by Gasteiger charge is -2.27. The minimum Gasteiger partial charge on any atom is -0.454 e. The zero-order valence-electron chi connectivity index (χ0n) is 14.6. The van der Waals surface area contributed by atoms with E-state index >= 15 is 0 Å². The molecule has 26 heavy (non-hydrogen) atoms. The van der Waals surface area contributed by atoms with Crippen LogP contribution in [0, 0.1) is 0 Å². The van der Waals surface area contributed by atoms with Crippen molar-refractivity contribution in [1.82, 2.24) is 14.5 Å². The van der Waals surface area contributed by atoms with E-state index in [1.54, 1.807) is 9.47 Å². The SMILES string of the molecule is CC(C)N(Cc1cccc2c1OCO2)C(=O)c1cnc2n(c1=O)CCS2. The Kier molecular flexibility index (Phi) is 4.36. The molecule has 7 nitrogen and oxygen atoms in total. The Hall–Kier alpha value is -2.48. The maximum absolute atomic E-state index is 13.1. The number of para-hydroxylation sites is 1. The zero-order chi connectivity index (χ0) is 18.3. The van der Waals surface area contributed by atoms with Crippen molar-refractivity contribution in [3.8, 4) is 11.5 Å². The van der Waals surface area contributed by atoms with E-state index in [1.807, 2.05) is 32.0 Å². The molecule has 136 valence electrons. The number of hydrogen-bond donors (Lipinski definition) is 0. The van der Waals surface area contributed by atoms with E-state index in [0.29, 0.717) is 29.7 Å². The van der Waals surface area contributed by atoms with Gasteiger partial charge >= 0.3 is 0 Å². The smallest absolute Gasteiger partial charge is 0.267 e. The quantitative estimate of drug-likeness (QED) is 0.765. The largest absolute Gasteiger partial charge is 0.454 e. The number of thioether (sulfide) groups is 1. The van der Waals surface area contributed by atoms with Gasteiger partial charge in [0, 0.05) is 30.1 Å². The topological polar surface area (TPSA) is 73.7 Å². The van der Waals surface area contributed by atoms with Gasteiger partial charge in [-0.2, -0.15) is 0 Å². The summed E-state index contributed by atoms with van der Waals surface area (Å²) in [5.41, 5.74) is 0.690. The molecule has 0 radical (unpaired) electrons. The molecule has 0 saturated carbocycles. The summed E-state index contributed by atoms with van der Waals surface area (Å²) in [6.45, 7) is 4.94. The van der Waals surface area contributed by atoms with Crippen LogP contribution in [0.5, 0.6) is 11.5 Å². The highest BCUT2D eigenvalue weighted by atomic mass is 32.2. The second-order valence-electron chi connectivity index (χ2n) is 6.44. The van der Waals surface area contributed by atoms with Gasteiger partial charge in [-0.1, -0.05) is 23.9 Å². The average molecular weight is 373 g/mol. The van der Waals surface area contributed by atoms with Crippen molar-refractivity contribution in [3.63, 3.8) is 0 Å². The molecule has 2 aliphatic rings. The molecule has 0 atom stereocenters. The van der Waals surface area contributed by atoms with Crippen LogP contribution in [0.25, 0.3) is 0 Å². The molecule has 4 rings (SSSR count). The predicted octanol–water partition coefficient (Wildman–Crippen LogP) is 2.13. The second-order valence-corrected chi connectivity index (χ2v) is 7.50. The number of hydrogen-bond acceptors (Lipinski definition) is 6. The molecule has 0 N–H and O–H groups in total. The van der Waals surface area contributed by atoms with E-state index in [9.17, 15) is 9.59 Å². The average Bonchev–Trinajstić information content (AvgIpc) is 3.28. The number of carbonyl (C=O) groups is 1. The second kappa shape index (κ2) is 6.68. The first-order chi connectivity index (χ1) is 12.6. The highest BCUT2D eigenvalue weighted by Gasteiger charge is 2.27. The number of carbonyl (C=O) groups excluding carboxylic acids is 1. The van der Waals surface area contributed by atoms with Gasteiger partial charge in [0.2, 0.25) is 6.79 Å². The van der Waals surface area contributed by atoms with Crippen molar-refractivity contribution in [1.29, 1.82) is 0 Å². The third kappa shape index (κ3) is 2.84. The van der Waals surface area contributed by atoms with Gasteiger partial charge in [0.1, 0.15) is 5.56 Å².